The molecule has 0 spiro atoms. The minimum atomic E-state index is -0.931. The monoisotopic (exact) mass is 608 g/mol. The molecule has 0 radical (unpaired) electrons. The number of nitrogens with zero attached hydrogens (tertiary/aromatic N) is 3. The molecule has 44 heavy (non-hydrogen) atoms. The molecule has 5 aromatic rings. The Labute approximate surface area is 261 Å². The topological polar surface area (TPSA) is 85.7 Å². The summed E-state index contributed by atoms with van der Waals surface area (Å²) in [6.07, 6.45) is 5.19. The summed E-state index contributed by atoms with van der Waals surface area (Å²) >= 11 is 1.37. The lowest BCUT2D eigenvalue weighted by Gasteiger charge is -2.33. The van der Waals surface area contributed by atoms with Crippen LogP contribution in [0.3, 0.4) is 0 Å². The zero-order valence-electron chi connectivity index (χ0n) is 25.2. The lowest BCUT2D eigenvalue weighted by atomic mass is 9.94. The number of carbonyl (C=O) groups excluding carboxylic acids is 2. The first kappa shape index (κ1) is 29.4. The molecule has 1 aliphatic rings. The largest absolute Gasteiger partial charge is 0.497 e. The summed E-state index contributed by atoms with van der Waals surface area (Å²) in [5, 5.41) is 8.94. The molecule has 1 saturated carbocycles. The van der Waals surface area contributed by atoms with Crippen LogP contribution in [0.4, 0.5) is 5.69 Å². The second-order valence-electron chi connectivity index (χ2n) is 11.1. The average Bonchev–Trinajstić information content (AvgIpc) is 3.64. The van der Waals surface area contributed by atoms with Crippen molar-refractivity contribution in [2.24, 2.45) is 0 Å². The third-order valence-corrected chi connectivity index (χ3v) is 9.29. The normalized spacial score (nSPS) is 14.2. The Hall–Kier alpha value is -4.63. The maximum Gasteiger partial charge on any atom is 0.269 e. The van der Waals surface area contributed by atoms with E-state index in [0.717, 1.165) is 47.3 Å². The molecule has 0 unspecified atom stereocenters. The van der Waals surface area contributed by atoms with Gasteiger partial charge in [0.1, 0.15) is 22.4 Å². The van der Waals surface area contributed by atoms with Gasteiger partial charge in [0.15, 0.2) is 0 Å². The summed E-state index contributed by atoms with van der Waals surface area (Å²) in [7, 11) is 3.19. The molecule has 3 aromatic carbocycles. The highest BCUT2D eigenvalue weighted by atomic mass is 32.1. The fraction of sp³-hybridized carbons (Fsp3) is 0.286. The van der Waals surface area contributed by atoms with E-state index in [4.69, 9.17) is 14.6 Å². The third-order valence-electron chi connectivity index (χ3n) is 8.20. The SMILES string of the molecule is COc1ccc([C@@H](C(=O)NC2CCCCC2)N(C(=O)c2cc3c(C)nn(-c4ccccc4)c3s2)c2cccc(OC)c2)cc1. The minimum absolute atomic E-state index is 0.0723. The molecule has 2 amide bonds. The highest BCUT2D eigenvalue weighted by Gasteiger charge is 2.36. The molecule has 2 heterocycles. The Morgan fingerprint density at radius 2 is 1.64 bits per heavy atom. The Morgan fingerprint density at radius 3 is 2.34 bits per heavy atom. The van der Waals surface area contributed by atoms with Crippen LogP contribution in [-0.2, 0) is 4.79 Å². The first-order valence-electron chi connectivity index (χ1n) is 14.9. The number of aromatic nitrogens is 2. The van der Waals surface area contributed by atoms with Crippen molar-refractivity contribution in [3.63, 3.8) is 0 Å². The minimum Gasteiger partial charge on any atom is -0.497 e. The van der Waals surface area contributed by atoms with E-state index in [1.54, 1.807) is 25.2 Å². The molecule has 0 saturated heterocycles. The van der Waals surface area contributed by atoms with Gasteiger partial charge in [-0.2, -0.15) is 5.10 Å². The van der Waals surface area contributed by atoms with Gasteiger partial charge in [-0.15, -0.1) is 11.3 Å². The van der Waals surface area contributed by atoms with Crippen molar-refractivity contribution in [2.75, 3.05) is 19.1 Å². The number of hydrogen-bond acceptors (Lipinski definition) is 6. The first-order chi connectivity index (χ1) is 21.5. The van der Waals surface area contributed by atoms with E-state index in [1.165, 1.54) is 17.8 Å². The van der Waals surface area contributed by atoms with Crippen LogP contribution >= 0.6 is 11.3 Å². The number of ether oxygens (including phenoxy) is 2. The lowest BCUT2D eigenvalue weighted by molar-refractivity contribution is -0.123. The van der Waals surface area contributed by atoms with Crippen LogP contribution in [0.1, 0.15) is 59.1 Å². The summed E-state index contributed by atoms with van der Waals surface area (Å²) < 4.78 is 12.8. The smallest absolute Gasteiger partial charge is 0.269 e. The van der Waals surface area contributed by atoms with E-state index in [-0.39, 0.29) is 17.9 Å². The van der Waals surface area contributed by atoms with E-state index < -0.39 is 6.04 Å². The van der Waals surface area contributed by atoms with Gasteiger partial charge >= 0.3 is 0 Å². The quantitative estimate of drug-likeness (QED) is 0.191. The van der Waals surface area contributed by atoms with E-state index in [1.807, 2.05) is 90.5 Å². The van der Waals surface area contributed by atoms with Gasteiger partial charge in [0.25, 0.3) is 5.91 Å². The highest BCUT2D eigenvalue weighted by Crippen LogP contribution is 2.37. The molecule has 0 aliphatic heterocycles. The number of rotatable bonds is 9. The van der Waals surface area contributed by atoms with Crippen LogP contribution in [0.2, 0.25) is 0 Å². The van der Waals surface area contributed by atoms with Crippen LogP contribution in [0.15, 0.2) is 84.9 Å². The summed E-state index contributed by atoms with van der Waals surface area (Å²) in [6.45, 7) is 1.94. The molecule has 1 aliphatic carbocycles. The van der Waals surface area contributed by atoms with Gasteiger partial charge in [-0.1, -0.05) is 55.7 Å². The standard InChI is InChI=1S/C35H36N4O4S/c1-23-30-22-31(44-35(30)39(37-23)26-13-8-5-9-14-26)34(41)38(27-15-10-16-29(21-27)43-3)32(24-17-19-28(42-2)20-18-24)33(40)36-25-11-6-4-7-12-25/h5,8-10,13-22,25,32H,4,6-7,11-12H2,1-3H3,(H,36,40)/t32-/m0/s1. The van der Waals surface area contributed by atoms with Gasteiger partial charge in [0.2, 0.25) is 5.91 Å². The maximum absolute atomic E-state index is 14.8. The van der Waals surface area contributed by atoms with E-state index in [9.17, 15) is 9.59 Å². The molecule has 1 atom stereocenters. The van der Waals surface area contributed by atoms with E-state index >= 15 is 0 Å². The molecule has 226 valence electrons. The number of methoxy groups -OCH3 is 2. The Morgan fingerprint density at radius 1 is 0.909 bits per heavy atom. The van der Waals surface area contributed by atoms with Gasteiger partial charge in [-0.05, 0) is 67.8 Å². The zero-order valence-corrected chi connectivity index (χ0v) is 26.0. The summed E-state index contributed by atoms with van der Waals surface area (Å²) in [4.78, 5) is 32.1. The first-order valence-corrected chi connectivity index (χ1v) is 15.7. The number of amides is 2. The molecule has 6 rings (SSSR count). The van der Waals surface area contributed by atoms with Gasteiger partial charge in [0, 0.05) is 23.2 Å². The number of fused-ring (bicyclic) bond motifs is 1. The van der Waals surface area contributed by atoms with Crippen molar-refractivity contribution >= 4 is 39.1 Å². The third kappa shape index (κ3) is 5.92. The average molecular weight is 609 g/mol. The predicted octanol–water partition coefficient (Wildman–Crippen LogP) is 7.25. The number of aryl methyl sites for hydroxylation is 1. The van der Waals surface area contributed by atoms with Crippen molar-refractivity contribution in [3.8, 4) is 17.2 Å². The fourth-order valence-corrected chi connectivity index (χ4v) is 7.01. The number of thiophene rings is 1. The van der Waals surface area contributed by atoms with Crippen molar-refractivity contribution in [1.82, 2.24) is 15.1 Å². The molecular formula is C35H36N4O4S. The van der Waals surface area contributed by atoms with Gasteiger partial charge in [-0.3, -0.25) is 14.5 Å². The van der Waals surface area contributed by atoms with Gasteiger partial charge in [0.05, 0.1) is 30.5 Å². The van der Waals surface area contributed by atoms with Crippen LogP contribution in [0, 0.1) is 6.92 Å². The second kappa shape index (κ2) is 12.9. The number of nitrogens with one attached hydrogen (secondary N) is 1. The van der Waals surface area contributed by atoms with E-state index in [2.05, 4.69) is 5.32 Å². The molecule has 8 nitrogen and oxygen atoms in total. The molecule has 1 N–H and O–H groups in total. The lowest BCUT2D eigenvalue weighted by Crippen LogP contribution is -2.47. The van der Waals surface area contributed by atoms with Crippen LogP contribution < -0.4 is 19.7 Å². The van der Waals surface area contributed by atoms with Gasteiger partial charge in [-0.25, -0.2) is 4.68 Å². The Balaban J connectivity index is 1.48. The van der Waals surface area contributed by atoms with Gasteiger partial charge < -0.3 is 14.8 Å². The fourth-order valence-electron chi connectivity index (χ4n) is 5.89. The van der Waals surface area contributed by atoms with E-state index in [0.29, 0.717) is 27.6 Å². The number of hydrogen-bond donors (Lipinski definition) is 1. The van der Waals surface area contributed by atoms with Crippen LogP contribution in [-0.4, -0.2) is 41.9 Å². The van der Waals surface area contributed by atoms with Crippen molar-refractivity contribution < 1.29 is 19.1 Å². The maximum atomic E-state index is 14.8. The summed E-state index contributed by atoms with van der Waals surface area (Å²) in [6, 6.07) is 25.6. The Bertz CT molecular complexity index is 1760. The number of benzene rings is 3. The van der Waals surface area contributed by atoms with Crippen molar-refractivity contribution in [1.29, 1.82) is 0 Å². The number of para-hydroxylation sites is 1. The van der Waals surface area contributed by atoms with Crippen LogP contribution in [0.5, 0.6) is 11.5 Å². The molecule has 1 fully saturated rings. The summed E-state index contributed by atoms with van der Waals surface area (Å²) in [5.41, 5.74) is 2.99. The highest BCUT2D eigenvalue weighted by molar-refractivity contribution is 7.20. The number of anilines is 1. The van der Waals surface area contributed by atoms with Crippen LogP contribution in [0.25, 0.3) is 15.9 Å². The number of carbonyl (C=O) groups is 2. The summed E-state index contributed by atoms with van der Waals surface area (Å²) in [5.74, 6) is 0.766. The molecule has 0 bridgehead atoms. The molecule has 2 aromatic heterocycles. The van der Waals surface area contributed by atoms with Crippen molar-refractivity contribution in [3.05, 3.63) is 101 Å². The van der Waals surface area contributed by atoms with Crippen molar-refractivity contribution in [2.45, 2.75) is 51.1 Å². The second-order valence-corrected chi connectivity index (χ2v) is 12.1. The predicted molar refractivity (Wildman–Crippen MR) is 174 cm³/mol. The molecular weight excluding hydrogens is 572 g/mol. The Kier molecular flexibility index (Phi) is 8.65. The molecule has 9 heteroatoms. The zero-order chi connectivity index (χ0) is 30.6.